The molecule has 3 heterocycles. The zero-order chi connectivity index (χ0) is 34.1. The minimum Gasteiger partial charge on any atom is -0.479 e. The lowest BCUT2D eigenvalue weighted by molar-refractivity contribution is -0.145. The molecule has 5 atom stereocenters. The van der Waals surface area contributed by atoms with Gasteiger partial charge in [0.05, 0.1) is 6.54 Å². The number of aliphatic carboxylic acids is 1. The molecule has 0 aromatic heterocycles. The summed E-state index contributed by atoms with van der Waals surface area (Å²) in [5, 5.41) is 15.0. The molecule has 1 saturated heterocycles. The van der Waals surface area contributed by atoms with Crippen molar-refractivity contribution in [3.05, 3.63) is 47.5 Å². The summed E-state index contributed by atoms with van der Waals surface area (Å²) >= 11 is 0. The number of allylic oxidation sites excluding steroid dienone is 1. The highest BCUT2D eigenvalue weighted by atomic mass is 19.3. The lowest BCUT2D eigenvalue weighted by atomic mass is 10.0. The molecule has 47 heavy (non-hydrogen) atoms. The van der Waals surface area contributed by atoms with Crippen LogP contribution in [-0.2, 0) is 36.8 Å². The summed E-state index contributed by atoms with van der Waals surface area (Å²) in [6.45, 7) is 5.28. The molecule has 3 N–H and O–H groups in total. The van der Waals surface area contributed by atoms with E-state index in [9.17, 15) is 37.9 Å². The number of carbonyl (C=O) groups is 5. The molecule has 3 aliphatic heterocycles. The van der Waals surface area contributed by atoms with Crippen molar-refractivity contribution < 1.29 is 47.3 Å². The number of carboxylic acid groups (broad SMARTS) is 1. The Bertz CT molecular complexity index is 1450. The number of rotatable bonds is 3. The first kappa shape index (κ1) is 34.1. The van der Waals surface area contributed by atoms with Crippen molar-refractivity contribution in [3.8, 4) is 0 Å². The molecule has 4 amide bonds. The molecule has 14 heteroatoms. The molecule has 1 saturated carbocycles. The van der Waals surface area contributed by atoms with Gasteiger partial charge in [-0.25, -0.2) is 23.2 Å². The molecular formula is C33H42F2N4O8. The van der Waals surface area contributed by atoms with Gasteiger partial charge in [0.15, 0.2) is 0 Å². The van der Waals surface area contributed by atoms with Crippen LogP contribution in [0.5, 0.6) is 0 Å². The van der Waals surface area contributed by atoms with Gasteiger partial charge in [-0.15, -0.1) is 0 Å². The second-order valence-electron chi connectivity index (χ2n) is 13.8. The van der Waals surface area contributed by atoms with Gasteiger partial charge in [-0.05, 0) is 57.6 Å². The van der Waals surface area contributed by atoms with Crippen molar-refractivity contribution in [3.63, 3.8) is 0 Å². The minimum absolute atomic E-state index is 0.0460. The number of benzene rings is 1. The Balaban J connectivity index is 1.40. The number of amides is 4. The molecule has 1 aromatic rings. The molecule has 0 bridgehead atoms. The standard InChI is InChI=1S/C33H42F2N4O8/c1-31(2,3)47-29(44)36-24-11-14-32(34,35)13-7-6-10-22-17-33(22,28(42)43)37-26(40)25-16-23(19-39(25)27(24)41)46-30(45)38-15-12-20-8-4-5-9-21(20)18-38/h4-6,8-10,22-25H,7,11-19H2,1-3H3,(H,36,44)(H,37,40)(H,42,43)/b10-6-/t22-,23-,24+,25+,33-/m1/s1. The summed E-state index contributed by atoms with van der Waals surface area (Å²) in [7, 11) is 0. The number of alkyl halides is 2. The van der Waals surface area contributed by atoms with Crippen LogP contribution in [0.3, 0.4) is 0 Å². The van der Waals surface area contributed by atoms with Crippen LogP contribution < -0.4 is 10.6 Å². The van der Waals surface area contributed by atoms with Gasteiger partial charge in [0, 0.05) is 38.3 Å². The quantitative estimate of drug-likeness (QED) is 0.414. The first-order chi connectivity index (χ1) is 22.1. The Morgan fingerprint density at radius 1 is 1.11 bits per heavy atom. The number of carbonyl (C=O) groups excluding carboxylic acids is 4. The highest BCUT2D eigenvalue weighted by Gasteiger charge is 2.61. The number of alkyl carbamates (subject to hydrolysis) is 1. The van der Waals surface area contributed by atoms with Gasteiger partial charge in [0.2, 0.25) is 17.7 Å². The van der Waals surface area contributed by atoms with Crippen molar-refractivity contribution in [1.29, 1.82) is 0 Å². The third-order valence-corrected chi connectivity index (χ3v) is 9.08. The monoisotopic (exact) mass is 660 g/mol. The summed E-state index contributed by atoms with van der Waals surface area (Å²) in [6.07, 6.45) is -0.873. The molecule has 12 nitrogen and oxygen atoms in total. The first-order valence-corrected chi connectivity index (χ1v) is 16.0. The van der Waals surface area contributed by atoms with Gasteiger partial charge in [-0.1, -0.05) is 36.4 Å². The lowest BCUT2D eigenvalue weighted by Gasteiger charge is -2.30. The maximum Gasteiger partial charge on any atom is 0.410 e. The van der Waals surface area contributed by atoms with E-state index in [-0.39, 0.29) is 25.8 Å². The van der Waals surface area contributed by atoms with Crippen LogP contribution in [0.25, 0.3) is 0 Å². The smallest absolute Gasteiger partial charge is 0.410 e. The Kier molecular flexibility index (Phi) is 9.52. The number of hydrogen-bond donors (Lipinski definition) is 3. The zero-order valence-corrected chi connectivity index (χ0v) is 26.8. The third kappa shape index (κ3) is 8.02. The van der Waals surface area contributed by atoms with Crippen LogP contribution in [0.15, 0.2) is 36.4 Å². The summed E-state index contributed by atoms with van der Waals surface area (Å²) in [5.41, 5.74) is -0.501. The zero-order valence-electron chi connectivity index (χ0n) is 26.8. The van der Waals surface area contributed by atoms with Gasteiger partial charge >= 0.3 is 18.2 Å². The second kappa shape index (κ2) is 13.1. The summed E-state index contributed by atoms with van der Waals surface area (Å²) in [4.78, 5) is 68.7. The number of carboxylic acids is 1. The van der Waals surface area contributed by atoms with Crippen LogP contribution in [0, 0.1) is 5.92 Å². The molecule has 4 aliphatic rings. The predicted octanol–water partition coefficient (Wildman–Crippen LogP) is 3.77. The third-order valence-electron chi connectivity index (χ3n) is 9.08. The number of fused-ring (bicyclic) bond motifs is 3. The summed E-state index contributed by atoms with van der Waals surface area (Å²) < 4.78 is 41.0. The largest absolute Gasteiger partial charge is 0.479 e. The van der Waals surface area contributed by atoms with E-state index >= 15 is 0 Å². The molecular weight excluding hydrogens is 618 g/mol. The van der Waals surface area contributed by atoms with E-state index < -0.39 is 90.4 Å². The molecule has 1 aliphatic carbocycles. The second-order valence-corrected chi connectivity index (χ2v) is 13.8. The maximum absolute atomic E-state index is 15.0. The summed E-state index contributed by atoms with van der Waals surface area (Å²) in [5.74, 6) is -6.73. The SMILES string of the molecule is CC(C)(C)OC(=O)N[C@H]1CCC(F)(F)CC/C=C\[C@@H]2C[C@@]2(C(=O)O)NC(=O)[C@@H]2C[C@@H](OC(=O)N3CCc4ccccc4C3)CN2C1=O. The van der Waals surface area contributed by atoms with Gasteiger partial charge in [0.25, 0.3) is 0 Å². The van der Waals surface area contributed by atoms with Gasteiger partial charge < -0.3 is 35.0 Å². The van der Waals surface area contributed by atoms with Gasteiger partial charge in [0.1, 0.15) is 29.3 Å². The lowest BCUT2D eigenvalue weighted by Crippen LogP contribution is -2.56. The highest BCUT2D eigenvalue weighted by Crippen LogP contribution is 2.45. The van der Waals surface area contributed by atoms with E-state index in [2.05, 4.69) is 10.6 Å². The van der Waals surface area contributed by atoms with Crippen molar-refractivity contribution in [2.75, 3.05) is 13.1 Å². The van der Waals surface area contributed by atoms with Crippen LogP contribution in [0.1, 0.15) is 70.4 Å². The normalized spacial score (nSPS) is 29.9. The van der Waals surface area contributed by atoms with Gasteiger partial charge in [-0.3, -0.25) is 9.59 Å². The molecule has 0 radical (unpaired) electrons. The average molecular weight is 661 g/mol. The molecule has 1 aromatic carbocycles. The number of halogens is 2. The van der Waals surface area contributed by atoms with Crippen LogP contribution in [-0.4, -0.2) is 93.2 Å². The number of hydrogen-bond acceptors (Lipinski definition) is 7. The van der Waals surface area contributed by atoms with Crippen molar-refractivity contribution in [2.24, 2.45) is 5.92 Å². The van der Waals surface area contributed by atoms with Crippen LogP contribution in [0.2, 0.25) is 0 Å². The summed E-state index contributed by atoms with van der Waals surface area (Å²) in [6, 6.07) is 4.92. The molecule has 256 valence electrons. The Labute approximate surface area is 271 Å². The molecule has 5 rings (SSSR count). The number of nitrogens with one attached hydrogen (secondary N) is 2. The number of nitrogens with zero attached hydrogens (tertiary/aromatic N) is 2. The molecule has 2 fully saturated rings. The number of ether oxygens (including phenoxy) is 2. The van der Waals surface area contributed by atoms with E-state index in [4.69, 9.17) is 9.47 Å². The maximum atomic E-state index is 15.0. The van der Waals surface area contributed by atoms with E-state index in [0.29, 0.717) is 19.5 Å². The Morgan fingerprint density at radius 2 is 1.83 bits per heavy atom. The molecule has 0 unspecified atom stereocenters. The van der Waals surface area contributed by atoms with Crippen molar-refractivity contribution in [2.45, 2.75) is 108 Å². The fraction of sp³-hybridized carbons (Fsp3) is 0.606. The van der Waals surface area contributed by atoms with Gasteiger partial charge in [-0.2, -0.15) is 0 Å². The van der Waals surface area contributed by atoms with E-state index in [0.717, 1.165) is 16.0 Å². The van der Waals surface area contributed by atoms with E-state index in [1.165, 1.54) is 17.1 Å². The minimum atomic E-state index is -3.20. The fourth-order valence-corrected chi connectivity index (χ4v) is 6.45. The predicted molar refractivity (Wildman–Crippen MR) is 163 cm³/mol. The highest BCUT2D eigenvalue weighted by molar-refractivity contribution is 5.96. The Morgan fingerprint density at radius 3 is 2.53 bits per heavy atom. The van der Waals surface area contributed by atoms with Crippen LogP contribution >= 0.6 is 0 Å². The Hall–Kier alpha value is -4.23. The first-order valence-electron chi connectivity index (χ1n) is 16.0. The van der Waals surface area contributed by atoms with Crippen molar-refractivity contribution >= 4 is 30.0 Å². The average Bonchev–Trinajstić information content (AvgIpc) is 3.53. The topological polar surface area (TPSA) is 155 Å². The molecule has 0 spiro atoms. The van der Waals surface area contributed by atoms with Crippen LogP contribution in [0.4, 0.5) is 18.4 Å². The fourth-order valence-electron chi connectivity index (χ4n) is 6.45. The van der Waals surface area contributed by atoms with E-state index in [1.54, 1.807) is 20.8 Å². The van der Waals surface area contributed by atoms with Crippen molar-refractivity contribution in [1.82, 2.24) is 20.4 Å². The van der Waals surface area contributed by atoms with E-state index in [1.807, 2.05) is 24.3 Å².